The second-order valence-corrected chi connectivity index (χ2v) is 7.47. The third-order valence-corrected chi connectivity index (χ3v) is 5.07. The number of hydrogen-bond donors (Lipinski definition) is 1. The third kappa shape index (κ3) is 5.49. The van der Waals surface area contributed by atoms with Crippen molar-refractivity contribution >= 4 is 0 Å². The molecule has 0 aliphatic heterocycles. The number of aromatic hydroxyl groups is 1. The zero-order chi connectivity index (χ0) is 20.6. The van der Waals surface area contributed by atoms with Gasteiger partial charge in [-0.05, 0) is 55.1 Å². The van der Waals surface area contributed by atoms with Crippen molar-refractivity contribution in [3.63, 3.8) is 0 Å². The van der Waals surface area contributed by atoms with Crippen LogP contribution in [0.4, 0.5) is 0 Å². The molecule has 0 fully saturated rings. The van der Waals surface area contributed by atoms with E-state index >= 15 is 0 Å². The molecule has 0 aliphatic carbocycles. The Morgan fingerprint density at radius 1 is 0.897 bits per heavy atom. The average molecular weight is 388 g/mol. The first-order valence-corrected chi connectivity index (χ1v) is 9.92. The molecule has 3 rings (SSSR count). The summed E-state index contributed by atoms with van der Waals surface area (Å²) >= 11 is 0. The zero-order valence-electron chi connectivity index (χ0n) is 17.2. The van der Waals surface area contributed by atoms with Crippen LogP contribution in [0.5, 0.6) is 11.5 Å². The molecule has 0 saturated heterocycles. The largest absolute Gasteiger partial charge is 0.508 e. The van der Waals surface area contributed by atoms with Crippen LogP contribution in [0.15, 0.2) is 91.5 Å². The first-order valence-electron chi connectivity index (χ1n) is 9.92. The Hall–Kier alpha value is -3.04. The summed E-state index contributed by atoms with van der Waals surface area (Å²) in [7, 11) is 4.07. The molecule has 0 aliphatic rings. The highest BCUT2D eigenvalue weighted by Gasteiger charge is 2.24. The molecular weight excluding hydrogens is 358 g/mol. The fourth-order valence-corrected chi connectivity index (χ4v) is 3.58. The van der Waals surface area contributed by atoms with Gasteiger partial charge in [-0.25, -0.2) is 0 Å². The van der Waals surface area contributed by atoms with E-state index in [0.717, 1.165) is 23.4 Å². The zero-order valence-corrected chi connectivity index (χ0v) is 17.2. The fraction of sp³-hybridized carbons (Fsp3) is 0.231. The first kappa shape index (κ1) is 20.7. The highest BCUT2D eigenvalue weighted by Crippen LogP contribution is 2.40. The van der Waals surface area contributed by atoms with Crippen molar-refractivity contribution in [2.75, 3.05) is 27.2 Å². The minimum Gasteiger partial charge on any atom is -0.508 e. The monoisotopic (exact) mass is 387 g/mol. The lowest BCUT2D eigenvalue weighted by Crippen LogP contribution is -2.19. The first-order chi connectivity index (χ1) is 14.1. The number of rotatable bonds is 9. The van der Waals surface area contributed by atoms with Gasteiger partial charge >= 0.3 is 0 Å². The summed E-state index contributed by atoms with van der Waals surface area (Å²) < 4.78 is 5.85. The Morgan fingerprint density at radius 2 is 1.59 bits per heavy atom. The number of likely N-dealkylation sites (N-methyl/N-ethyl adjacent to an activating group) is 1. The maximum Gasteiger partial charge on any atom is 0.119 e. The maximum atomic E-state index is 10.1. The van der Waals surface area contributed by atoms with Crippen molar-refractivity contribution in [2.45, 2.75) is 11.8 Å². The molecule has 0 unspecified atom stereocenters. The van der Waals surface area contributed by atoms with Crippen molar-refractivity contribution in [2.24, 2.45) is 0 Å². The molecular formula is C26H29NO2. The van der Waals surface area contributed by atoms with E-state index < -0.39 is 0 Å². The van der Waals surface area contributed by atoms with Crippen molar-refractivity contribution in [3.8, 4) is 11.5 Å². The maximum absolute atomic E-state index is 10.1. The molecule has 3 aromatic rings. The predicted molar refractivity (Wildman–Crippen MR) is 120 cm³/mol. The van der Waals surface area contributed by atoms with Gasteiger partial charge in [0.2, 0.25) is 0 Å². The van der Waals surface area contributed by atoms with Crippen LogP contribution in [0, 0.1) is 0 Å². The summed E-state index contributed by atoms with van der Waals surface area (Å²) in [5.74, 6) is 1.25. The van der Waals surface area contributed by atoms with E-state index in [1.165, 1.54) is 5.56 Å². The van der Waals surface area contributed by atoms with Crippen LogP contribution in [-0.4, -0.2) is 37.3 Å². The van der Waals surface area contributed by atoms with Gasteiger partial charge in [0, 0.05) is 18.4 Å². The molecule has 0 spiro atoms. The Kier molecular flexibility index (Phi) is 7.09. The van der Waals surface area contributed by atoms with Crippen LogP contribution in [-0.2, 0) is 0 Å². The average Bonchev–Trinajstić information content (AvgIpc) is 2.73. The van der Waals surface area contributed by atoms with Gasteiger partial charge in [-0.3, -0.25) is 0 Å². The van der Waals surface area contributed by atoms with Crippen molar-refractivity contribution in [1.29, 1.82) is 0 Å². The molecule has 0 radical (unpaired) electrons. The van der Waals surface area contributed by atoms with E-state index in [4.69, 9.17) is 4.74 Å². The molecule has 3 aromatic carbocycles. The third-order valence-electron chi connectivity index (χ3n) is 5.07. The minimum atomic E-state index is 0.0397. The molecule has 3 heteroatoms. The Labute approximate surface area is 173 Å². The Bertz CT molecular complexity index is 904. The van der Waals surface area contributed by atoms with E-state index in [9.17, 15) is 5.11 Å². The quantitative estimate of drug-likeness (QED) is 0.497. The molecule has 3 nitrogen and oxygen atoms in total. The van der Waals surface area contributed by atoms with Gasteiger partial charge in [0.05, 0.1) is 0 Å². The van der Waals surface area contributed by atoms with Gasteiger partial charge in [0.25, 0.3) is 0 Å². The number of hydrogen-bond acceptors (Lipinski definition) is 3. The summed E-state index contributed by atoms with van der Waals surface area (Å²) in [6, 6.07) is 26.1. The Morgan fingerprint density at radius 3 is 2.21 bits per heavy atom. The lowest BCUT2D eigenvalue weighted by molar-refractivity contribution is 0.261. The molecule has 0 aromatic heterocycles. The molecule has 0 bridgehead atoms. The van der Waals surface area contributed by atoms with Gasteiger partial charge < -0.3 is 14.7 Å². The molecule has 1 N–H and O–H groups in total. The van der Waals surface area contributed by atoms with Gasteiger partial charge in [-0.2, -0.15) is 0 Å². The highest BCUT2D eigenvalue weighted by molar-refractivity contribution is 5.44. The van der Waals surface area contributed by atoms with Gasteiger partial charge in [0.15, 0.2) is 0 Å². The number of allylic oxidation sites excluding steroid dienone is 1. The second kappa shape index (κ2) is 9.94. The van der Waals surface area contributed by atoms with E-state index in [1.807, 2.05) is 62.6 Å². The van der Waals surface area contributed by atoms with E-state index in [0.29, 0.717) is 6.61 Å². The SMILES string of the molecule is C=C[C@H](c1ccccc1)[C@@H](c1ccc(OCCN(C)C)cc1)c1cccc(O)c1. The smallest absolute Gasteiger partial charge is 0.119 e. The predicted octanol–water partition coefficient (Wildman–Crippen LogP) is 5.43. The van der Waals surface area contributed by atoms with Crippen LogP contribution in [0.3, 0.4) is 0 Å². The van der Waals surface area contributed by atoms with Crippen LogP contribution in [0.2, 0.25) is 0 Å². The standard InChI is InChI=1S/C26H29NO2/c1-4-25(20-9-6-5-7-10-20)26(22-11-8-12-23(28)19-22)21-13-15-24(16-14-21)29-18-17-27(2)3/h4-16,19,25-26,28H,1,17-18H2,2-3H3/t25-,26+/m1/s1. The highest BCUT2D eigenvalue weighted by atomic mass is 16.5. The normalized spacial score (nSPS) is 13.1. The van der Waals surface area contributed by atoms with E-state index in [2.05, 4.69) is 41.8 Å². The van der Waals surface area contributed by atoms with E-state index in [1.54, 1.807) is 6.07 Å². The van der Waals surface area contributed by atoms with Crippen molar-refractivity contribution in [1.82, 2.24) is 4.90 Å². The summed E-state index contributed by atoms with van der Waals surface area (Å²) in [5, 5.41) is 10.1. The van der Waals surface area contributed by atoms with E-state index in [-0.39, 0.29) is 17.6 Å². The van der Waals surface area contributed by atoms with Crippen LogP contribution < -0.4 is 4.74 Å². The van der Waals surface area contributed by atoms with Crippen LogP contribution >= 0.6 is 0 Å². The van der Waals surface area contributed by atoms with Gasteiger partial charge in [-0.1, -0.05) is 60.7 Å². The molecule has 150 valence electrons. The molecule has 0 heterocycles. The van der Waals surface area contributed by atoms with Crippen LogP contribution in [0.1, 0.15) is 28.5 Å². The lowest BCUT2D eigenvalue weighted by Gasteiger charge is -2.26. The number of nitrogens with zero attached hydrogens (tertiary/aromatic N) is 1. The van der Waals surface area contributed by atoms with Crippen molar-refractivity contribution < 1.29 is 9.84 Å². The minimum absolute atomic E-state index is 0.0397. The van der Waals surface area contributed by atoms with Gasteiger partial charge in [0.1, 0.15) is 18.1 Å². The fourth-order valence-electron chi connectivity index (χ4n) is 3.58. The molecule has 29 heavy (non-hydrogen) atoms. The number of phenols is 1. The number of ether oxygens (including phenoxy) is 1. The van der Waals surface area contributed by atoms with Crippen molar-refractivity contribution in [3.05, 3.63) is 108 Å². The summed E-state index contributed by atoms with van der Waals surface area (Å²) in [5.41, 5.74) is 3.41. The number of benzene rings is 3. The molecule has 2 atom stereocenters. The molecule has 0 amide bonds. The summed E-state index contributed by atoms with van der Waals surface area (Å²) in [4.78, 5) is 2.10. The molecule has 0 saturated carbocycles. The lowest BCUT2D eigenvalue weighted by atomic mass is 9.77. The summed E-state index contributed by atoms with van der Waals surface area (Å²) in [6.07, 6.45) is 1.99. The summed E-state index contributed by atoms with van der Waals surface area (Å²) in [6.45, 7) is 5.64. The second-order valence-electron chi connectivity index (χ2n) is 7.47. The number of phenolic OH excluding ortho intramolecular Hbond substituents is 1. The van der Waals surface area contributed by atoms with Gasteiger partial charge in [-0.15, -0.1) is 6.58 Å². The van der Waals surface area contributed by atoms with Crippen LogP contribution in [0.25, 0.3) is 0 Å². The topological polar surface area (TPSA) is 32.7 Å². The Balaban J connectivity index is 1.94.